The van der Waals surface area contributed by atoms with Crippen molar-refractivity contribution >= 4 is 5.88 Å². The molecule has 0 bridgehead atoms. The smallest absolute Gasteiger partial charge is 0.395 e. The first kappa shape index (κ1) is 9.88. The van der Waals surface area contributed by atoms with Gasteiger partial charge < -0.3 is 19.7 Å². The molecule has 0 aliphatic carbocycles. The molecule has 0 radical (unpaired) electrons. The molecule has 2 heterocycles. The summed E-state index contributed by atoms with van der Waals surface area (Å²) in [5, 5.41) is 3.50. The van der Waals surface area contributed by atoms with Crippen LogP contribution in [-0.4, -0.2) is 11.5 Å². The fraction of sp³-hybridized carbons (Fsp3) is 0.100. The van der Waals surface area contributed by atoms with Crippen molar-refractivity contribution in [2.45, 2.75) is 6.29 Å². The first-order valence-corrected chi connectivity index (χ1v) is 4.65. The van der Waals surface area contributed by atoms with Crippen LogP contribution >= 0.6 is 0 Å². The second-order valence-corrected chi connectivity index (χ2v) is 3.43. The van der Waals surface area contributed by atoms with Crippen molar-refractivity contribution in [1.29, 1.82) is 0 Å². The number of alkyl halides is 2. The number of anilines is 1. The number of hydrogen-bond donors (Lipinski definition) is 1. The molecule has 0 atom stereocenters. The van der Waals surface area contributed by atoms with Crippen LogP contribution in [0, 0.1) is 0 Å². The van der Waals surface area contributed by atoms with Gasteiger partial charge in [-0.05, 0) is 17.7 Å². The average molecular weight is 240 g/mol. The van der Waals surface area contributed by atoms with Gasteiger partial charge in [-0.15, -0.1) is 8.78 Å². The van der Waals surface area contributed by atoms with Gasteiger partial charge in [0.2, 0.25) is 5.88 Å². The molecule has 2 N–H and O–H groups in total. The molecular weight excluding hydrogens is 234 g/mol. The minimum absolute atomic E-state index is 0.0197. The predicted molar refractivity (Wildman–Crippen MR) is 52.6 cm³/mol. The predicted octanol–water partition coefficient (Wildman–Crippen LogP) is 2.25. The Bertz CT molecular complexity index is 583. The topological polar surface area (TPSA) is 70.5 Å². The van der Waals surface area contributed by atoms with E-state index in [1.807, 2.05) is 0 Å². The zero-order chi connectivity index (χ0) is 12.0. The fourth-order valence-electron chi connectivity index (χ4n) is 1.58. The van der Waals surface area contributed by atoms with Crippen LogP contribution in [0.2, 0.25) is 0 Å². The van der Waals surface area contributed by atoms with Gasteiger partial charge in [-0.3, -0.25) is 0 Å². The Morgan fingerprint density at radius 2 is 1.94 bits per heavy atom. The Morgan fingerprint density at radius 1 is 1.18 bits per heavy atom. The van der Waals surface area contributed by atoms with Gasteiger partial charge in [0.05, 0.1) is 11.8 Å². The molecule has 0 amide bonds. The summed E-state index contributed by atoms with van der Waals surface area (Å²) < 4.78 is 38.9. The van der Waals surface area contributed by atoms with Gasteiger partial charge >= 0.3 is 6.29 Å². The maximum absolute atomic E-state index is 12.8. The molecule has 0 unspecified atom stereocenters. The van der Waals surface area contributed by atoms with Crippen molar-refractivity contribution < 1.29 is 22.8 Å². The summed E-state index contributed by atoms with van der Waals surface area (Å²) in [5.74, 6) is 0.0394. The molecule has 1 aliphatic heterocycles. The normalized spacial score (nSPS) is 16.1. The van der Waals surface area contributed by atoms with Gasteiger partial charge in [0.15, 0.2) is 11.5 Å². The molecule has 1 aliphatic rings. The summed E-state index contributed by atoms with van der Waals surface area (Å²) in [4.78, 5) is 0. The van der Waals surface area contributed by atoms with Crippen molar-refractivity contribution in [2.24, 2.45) is 0 Å². The summed E-state index contributed by atoms with van der Waals surface area (Å²) in [5.41, 5.74) is 6.59. The second-order valence-electron chi connectivity index (χ2n) is 3.43. The van der Waals surface area contributed by atoms with Gasteiger partial charge in [0, 0.05) is 0 Å². The summed E-state index contributed by atoms with van der Waals surface area (Å²) in [6.07, 6.45) is -2.23. The van der Waals surface area contributed by atoms with Crippen LogP contribution in [0.1, 0.15) is 0 Å². The molecule has 88 valence electrons. The Morgan fingerprint density at radius 3 is 2.65 bits per heavy atom. The van der Waals surface area contributed by atoms with E-state index in [1.165, 1.54) is 18.3 Å². The molecule has 3 rings (SSSR count). The van der Waals surface area contributed by atoms with E-state index in [-0.39, 0.29) is 17.4 Å². The van der Waals surface area contributed by atoms with Crippen molar-refractivity contribution in [2.75, 3.05) is 5.73 Å². The zero-order valence-corrected chi connectivity index (χ0v) is 8.31. The average Bonchev–Trinajstić information content (AvgIpc) is 2.78. The zero-order valence-electron chi connectivity index (χ0n) is 8.31. The Hall–Kier alpha value is -2.31. The number of nitrogens with two attached hydrogens (primary N) is 1. The van der Waals surface area contributed by atoms with Crippen LogP contribution in [-0.2, 0) is 0 Å². The minimum Gasteiger partial charge on any atom is -0.395 e. The molecule has 1 aromatic carbocycles. The monoisotopic (exact) mass is 240 g/mol. The van der Waals surface area contributed by atoms with Crippen LogP contribution < -0.4 is 15.2 Å². The third-order valence-electron chi connectivity index (χ3n) is 2.31. The number of rotatable bonds is 1. The van der Waals surface area contributed by atoms with Gasteiger partial charge in [0.1, 0.15) is 0 Å². The van der Waals surface area contributed by atoms with E-state index >= 15 is 0 Å². The number of hydrogen-bond acceptors (Lipinski definition) is 5. The molecule has 2 aromatic rings. The lowest BCUT2D eigenvalue weighted by atomic mass is 10.1. The highest BCUT2D eigenvalue weighted by Gasteiger charge is 2.43. The summed E-state index contributed by atoms with van der Waals surface area (Å²) in [7, 11) is 0. The maximum Gasteiger partial charge on any atom is 0.586 e. The highest BCUT2D eigenvalue weighted by molar-refractivity contribution is 5.74. The van der Waals surface area contributed by atoms with Crippen molar-refractivity contribution in [3.05, 3.63) is 24.4 Å². The highest BCUT2D eigenvalue weighted by atomic mass is 19.3. The van der Waals surface area contributed by atoms with E-state index in [0.29, 0.717) is 11.1 Å². The molecule has 0 saturated heterocycles. The van der Waals surface area contributed by atoms with E-state index in [4.69, 9.17) is 5.73 Å². The second kappa shape index (κ2) is 3.09. The number of nitrogen functional groups attached to an aromatic ring is 1. The van der Waals surface area contributed by atoms with Crippen molar-refractivity contribution in [1.82, 2.24) is 5.16 Å². The number of fused-ring (bicyclic) bond motifs is 1. The largest absolute Gasteiger partial charge is 0.586 e. The molecule has 7 heteroatoms. The standard InChI is InChI=1S/C10H6F2N2O3/c11-10(12)15-7-2-1-5(3-8(7)16-10)6-4-14-17-9(6)13/h1-4H,13H2. The number of halogens is 2. The quantitative estimate of drug-likeness (QED) is 0.827. The van der Waals surface area contributed by atoms with Crippen molar-refractivity contribution in [3.63, 3.8) is 0 Å². The lowest BCUT2D eigenvalue weighted by Gasteiger charge is -2.04. The Balaban J connectivity index is 2.05. The molecule has 17 heavy (non-hydrogen) atoms. The third kappa shape index (κ3) is 1.55. The number of nitrogens with zero attached hydrogens (tertiary/aromatic N) is 1. The van der Waals surface area contributed by atoms with Gasteiger partial charge in [-0.2, -0.15) is 0 Å². The Labute approximate surface area is 93.7 Å². The lowest BCUT2D eigenvalue weighted by Crippen LogP contribution is -2.25. The number of benzene rings is 1. The third-order valence-corrected chi connectivity index (χ3v) is 2.31. The van der Waals surface area contributed by atoms with Crippen LogP contribution in [0.25, 0.3) is 11.1 Å². The van der Waals surface area contributed by atoms with Gasteiger partial charge in [-0.25, -0.2) is 0 Å². The minimum atomic E-state index is -3.62. The first-order valence-electron chi connectivity index (χ1n) is 4.65. The number of ether oxygens (including phenoxy) is 2. The van der Waals surface area contributed by atoms with E-state index in [0.717, 1.165) is 0 Å². The number of aromatic nitrogens is 1. The van der Waals surface area contributed by atoms with Crippen LogP contribution in [0.3, 0.4) is 0 Å². The van der Waals surface area contributed by atoms with Crippen molar-refractivity contribution in [3.8, 4) is 22.6 Å². The summed E-state index contributed by atoms with van der Waals surface area (Å²) >= 11 is 0. The highest BCUT2D eigenvalue weighted by Crippen LogP contribution is 2.43. The molecule has 0 fully saturated rings. The van der Waals surface area contributed by atoms with Crippen LogP contribution in [0.15, 0.2) is 28.9 Å². The SMILES string of the molecule is Nc1oncc1-c1ccc2c(c1)OC(F)(F)O2. The molecule has 5 nitrogen and oxygen atoms in total. The maximum atomic E-state index is 12.8. The van der Waals surface area contributed by atoms with E-state index in [1.54, 1.807) is 6.07 Å². The summed E-state index contributed by atoms with van der Waals surface area (Å²) in [6.45, 7) is 0. The molecule has 0 saturated carbocycles. The lowest BCUT2D eigenvalue weighted by molar-refractivity contribution is -0.286. The van der Waals surface area contributed by atoms with E-state index in [2.05, 4.69) is 19.2 Å². The van der Waals surface area contributed by atoms with E-state index in [9.17, 15) is 8.78 Å². The molecule has 1 aromatic heterocycles. The van der Waals surface area contributed by atoms with E-state index < -0.39 is 6.29 Å². The molecular formula is C10H6F2N2O3. The van der Waals surface area contributed by atoms with Gasteiger partial charge in [0.25, 0.3) is 0 Å². The molecule has 0 spiro atoms. The Kier molecular flexibility index (Phi) is 1.80. The van der Waals surface area contributed by atoms with Crippen LogP contribution in [0.4, 0.5) is 14.7 Å². The first-order chi connectivity index (χ1) is 8.05. The van der Waals surface area contributed by atoms with Crippen LogP contribution in [0.5, 0.6) is 11.5 Å². The summed E-state index contributed by atoms with van der Waals surface area (Å²) in [6, 6.07) is 4.32. The fourth-order valence-corrected chi connectivity index (χ4v) is 1.58. The van der Waals surface area contributed by atoms with Gasteiger partial charge in [-0.1, -0.05) is 11.2 Å².